The number of aryl methyl sites for hydroxylation is 1. The van der Waals surface area contributed by atoms with Crippen LogP contribution in [0.1, 0.15) is 23.4 Å². The molecule has 0 spiro atoms. The topological polar surface area (TPSA) is 126 Å². The maximum atomic E-state index is 6.13. The van der Waals surface area contributed by atoms with E-state index in [1.165, 1.54) is 6.21 Å². The first-order valence-electron chi connectivity index (χ1n) is 9.77. The van der Waals surface area contributed by atoms with Gasteiger partial charge in [0.15, 0.2) is 29.0 Å². The van der Waals surface area contributed by atoms with Crippen LogP contribution in [0.5, 0.6) is 0 Å². The van der Waals surface area contributed by atoms with Gasteiger partial charge in [-0.1, -0.05) is 36.4 Å². The highest BCUT2D eigenvalue weighted by atomic mass is 16.5. The number of nitrogens with two attached hydrogens (primary N) is 3. The lowest BCUT2D eigenvalue weighted by atomic mass is 10.1. The van der Waals surface area contributed by atoms with Crippen molar-refractivity contribution in [3.63, 3.8) is 0 Å². The predicted octanol–water partition coefficient (Wildman–Crippen LogP) is 2.24. The van der Waals surface area contributed by atoms with Crippen LogP contribution in [0, 0.1) is 0 Å². The predicted molar refractivity (Wildman–Crippen MR) is 118 cm³/mol. The number of nitrogen functional groups attached to an aromatic ring is 1. The summed E-state index contributed by atoms with van der Waals surface area (Å²) in [6.07, 6.45) is 4.49. The summed E-state index contributed by atoms with van der Waals surface area (Å²) in [6.45, 7) is 1.22. The van der Waals surface area contributed by atoms with Crippen molar-refractivity contribution in [2.45, 2.75) is 19.4 Å². The second-order valence-corrected chi connectivity index (χ2v) is 6.97. The molecule has 30 heavy (non-hydrogen) atoms. The third-order valence-electron chi connectivity index (χ3n) is 4.80. The maximum absolute atomic E-state index is 6.13. The number of allylic oxidation sites excluding steroid dienone is 1. The number of rotatable bonds is 8. The molecule has 0 aliphatic rings. The van der Waals surface area contributed by atoms with E-state index in [4.69, 9.17) is 26.0 Å². The normalized spacial score (nSPS) is 11.9. The van der Waals surface area contributed by atoms with E-state index in [1.807, 2.05) is 48.5 Å². The van der Waals surface area contributed by atoms with Gasteiger partial charge in [-0.3, -0.25) is 5.41 Å². The zero-order valence-electron chi connectivity index (χ0n) is 16.5. The molecule has 0 fully saturated rings. The first-order valence-corrected chi connectivity index (χ1v) is 9.77. The molecule has 6 N–H and O–H groups in total. The minimum Gasteiger partial charge on any atom is -0.440 e. The second kappa shape index (κ2) is 8.75. The van der Waals surface area contributed by atoms with Crippen LogP contribution in [-0.4, -0.2) is 22.8 Å². The van der Waals surface area contributed by atoms with Crippen molar-refractivity contribution in [3.8, 4) is 0 Å². The number of aromatic nitrogens is 2. The van der Waals surface area contributed by atoms with Gasteiger partial charge in [-0.25, -0.2) is 9.97 Å². The summed E-state index contributed by atoms with van der Waals surface area (Å²) in [5, 5.41) is 6.26. The maximum Gasteiger partial charge on any atom is 0.195 e. The van der Waals surface area contributed by atoms with Crippen molar-refractivity contribution in [2.75, 3.05) is 12.3 Å². The summed E-state index contributed by atoms with van der Waals surface area (Å²) >= 11 is 0. The Morgan fingerprint density at radius 1 is 1.13 bits per heavy atom. The van der Waals surface area contributed by atoms with Crippen molar-refractivity contribution in [2.24, 2.45) is 5.73 Å². The van der Waals surface area contributed by atoms with Gasteiger partial charge in [0.05, 0.1) is 12.1 Å². The fraction of sp³-hybridized carbons (Fsp3) is 0.174. The molecule has 0 radical (unpaired) electrons. The first-order chi connectivity index (χ1) is 14.7. The second-order valence-electron chi connectivity index (χ2n) is 6.97. The third-order valence-corrected chi connectivity index (χ3v) is 4.80. The van der Waals surface area contributed by atoms with Crippen molar-refractivity contribution in [1.29, 1.82) is 0 Å². The van der Waals surface area contributed by atoms with Gasteiger partial charge in [0.2, 0.25) is 0 Å². The number of hydrogen-bond acceptors (Lipinski definition) is 6. The zero-order chi connectivity index (χ0) is 20.9. The zero-order valence-corrected chi connectivity index (χ0v) is 16.5. The van der Waals surface area contributed by atoms with Crippen molar-refractivity contribution in [1.82, 2.24) is 9.97 Å². The molecule has 7 heteroatoms. The lowest BCUT2D eigenvalue weighted by Crippen LogP contribution is -2.28. The number of fused-ring (bicyclic) bond motifs is 3. The summed E-state index contributed by atoms with van der Waals surface area (Å²) < 4.78 is 11.7. The van der Waals surface area contributed by atoms with Crippen LogP contribution in [0.15, 0.2) is 59.0 Å². The monoisotopic (exact) mass is 402 g/mol. The molecule has 0 unspecified atom stereocenters. The first kappa shape index (κ1) is 19.6. The standard InChI is InChI=1S/C23H23N5O2/c24-11-10-18(25)16-8-9-17-19(13-16)27-23(26)21-22(17)30-20(28-21)7-4-12-29-14-15-5-2-1-3-6-15/h1-3,5-6,8-11,13,24H,4,7,12,14,25H2,(H2,26,27)/p+1/b18-10-,24-11?. The Morgan fingerprint density at radius 2 is 1.97 bits per heavy atom. The molecule has 0 bridgehead atoms. The van der Waals surface area contributed by atoms with E-state index < -0.39 is 0 Å². The van der Waals surface area contributed by atoms with E-state index >= 15 is 0 Å². The molecular weight excluding hydrogens is 378 g/mol. The van der Waals surface area contributed by atoms with Crippen molar-refractivity contribution >= 4 is 39.7 Å². The third kappa shape index (κ3) is 4.16. The average molecular weight is 402 g/mol. The van der Waals surface area contributed by atoms with Crippen LogP contribution in [0.4, 0.5) is 5.82 Å². The van der Waals surface area contributed by atoms with Gasteiger partial charge in [-0.05, 0) is 29.7 Å². The number of hydrogen-bond donors (Lipinski definition) is 3. The fourth-order valence-corrected chi connectivity index (χ4v) is 3.30. The number of anilines is 1. The van der Waals surface area contributed by atoms with Gasteiger partial charge < -0.3 is 20.6 Å². The number of benzene rings is 2. The molecule has 0 saturated carbocycles. The van der Waals surface area contributed by atoms with Crippen molar-refractivity contribution < 1.29 is 14.6 Å². The number of oxazole rings is 1. The Balaban J connectivity index is 1.49. The quantitative estimate of drug-likeness (QED) is 0.306. The van der Waals surface area contributed by atoms with Gasteiger partial charge in [-0.15, -0.1) is 0 Å². The number of pyridine rings is 1. The van der Waals surface area contributed by atoms with Crippen LogP contribution in [0.25, 0.3) is 27.7 Å². The number of nitrogens with zero attached hydrogens (tertiary/aromatic N) is 2. The van der Waals surface area contributed by atoms with E-state index in [9.17, 15) is 0 Å². The molecule has 7 nitrogen and oxygen atoms in total. The van der Waals surface area contributed by atoms with Gasteiger partial charge in [0.1, 0.15) is 0 Å². The highest BCUT2D eigenvalue weighted by molar-refractivity contribution is 6.05. The largest absolute Gasteiger partial charge is 0.440 e. The molecule has 0 saturated heterocycles. The van der Waals surface area contributed by atoms with E-state index in [-0.39, 0.29) is 0 Å². The smallest absolute Gasteiger partial charge is 0.195 e. The summed E-state index contributed by atoms with van der Waals surface area (Å²) in [6, 6.07) is 15.8. The van der Waals surface area contributed by atoms with E-state index in [0.717, 1.165) is 22.9 Å². The SMILES string of the molecule is N/C(=C\C=[NH2+])c1ccc2c(c1)nc(N)c1nc(CCCOCc3ccccc3)oc12. The molecule has 2 aromatic carbocycles. The Labute approximate surface area is 173 Å². The Hall–Kier alpha value is -3.71. The van der Waals surface area contributed by atoms with Crippen molar-refractivity contribution in [3.05, 3.63) is 71.6 Å². The Morgan fingerprint density at radius 3 is 2.77 bits per heavy atom. The van der Waals surface area contributed by atoms with E-state index in [2.05, 4.69) is 9.97 Å². The molecule has 2 heterocycles. The Bertz CT molecular complexity index is 1210. The molecular formula is C23H24N5O2+. The van der Waals surface area contributed by atoms with Gasteiger partial charge in [-0.2, -0.15) is 0 Å². The minimum atomic E-state index is 0.331. The van der Waals surface area contributed by atoms with Crippen LogP contribution < -0.4 is 16.9 Å². The average Bonchev–Trinajstić information content (AvgIpc) is 3.19. The summed E-state index contributed by atoms with van der Waals surface area (Å²) in [5.74, 6) is 0.952. The molecule has 4 aromatic rings. The molecule has 0 amide bonds. The lowest BCUT2D eigenvalue weighted by Gasteiger charge is -2.04. The van der Waals surface area contributed by atoms with Crippen LogP contribution >= 0.6 is 0 Å². The summed E-state index contributed by atoms with van der Waals surface area (Å²) in [4.78, 5) is 9.01. The highest BCUT2D eigenvalue weighted by Gasteiger charge is 2.15. The molecule has 2 aromatic heterocycles. The number of ether oxygens (including phenoxy) is 1. The minimum absolute atomic E-state index is 0.331. The molecule has 0 aliphatic carbocycles. The highest BCUT2D eigenvalue weighted by Crippen LogP contribution is 2.30. The molecule has 152 valence electrons. The molecule has 0 aliphatic heterocycles. The summed E-state index contributed by atoms with van der Waals surface area (Å²) in [5.41, 5.74) is 16.6. The van der Waals surface area contributed by atoms with Gasteiger partial charge in [0, 0.05) is 30.2 Å². The van der Waals surface area contributed by atoms with Crippen LogP contribution in [0.2, 0.25) is 0 Å². The van der Waals surface area contributed by atoms with Gasteiger partial charge >= 0.3 is 0 Å². The lowest BCUT2D eigenvalue weighted by molar-refractivity contribution is -0.104. The van der Waals surface area contributed by atoms with Crippen LogP contribution in [-0.2, 0) is 17.8 Å². The Kier molecular flexibility index (Phi) is 5.72. The van der Waals surface area contributed by atoms with E-state index in [0.29, 0.717) is 53.7 Å². The van der Waals surface area contributed by atoms with Gasteiger partial charge in [0.25, 0.3) is 0 Å². The van der Waals surface area contributed by atoms with E-state index in [1.54, 1.807) is 6.08 Å². The van der Waals surface area contributed by atoms with Crippen LogP contribution in [0.3, 0.4) is 0 Å². The summed E-state index contributed by atoms with van der Waals surface area (Å²) in [7, 11) is 0. The molecule has 4 rings (SSSR count). The molecule has 0 atom stereocenters. The fourth-order valence-electron chi connectivity index (χ4n) is 3.30.